The number of hydrogen-bond acceptors (Lipinski definition) is 3. The maximum Gasteiger partial charge on any atom is 0.293 e. The third-order valence-corrected chi connectivity index (χ3v) is 3.74. The van der Waals surface area contributed by atoms with E-state index in [4.69, 9.17) is 0 Å². The lowest BCUT2D eigenvalue weighted by Crippen LogP contribution is -2.15. The van der Waals surface area contributed by atoms with E-state index in [1.165, 1.54) is 25.3 Å². The molecule has 0 aliphatic heterocycles. The fourth-order valence-electron chi connectivity index (χ4n) is 2.00. The van der Waals surface area contributed by atoms with Crippen LogP contribution in [0.5, 0.6) is 0 Å². The lowest BCUT2D eigenvalue weighted by Gasteiger charge is -2.25. The summed E-state index contributed by atoms with van der Waals surface area (Å²) in [7, 11) is 0. The highest BCUT2D eigenvalue weighted by atomic mass is 79.9. The van der Waals surface area contributed by atoms with Crippen molar-refractivity contribution in [2.75, 3.05) is 11.9 Å². The Morgan fingerprint density at radius 3 is 2.82 bits per heavy atom. The van der Waals surface area contributed by atoms with Crippen molar-refractivity contribution in [3.63, 3.8) is 0 Å². The molecule has 0 amide bonds. The molecule has 5 heteroatoms. The Labute approximate surface area is 109 Å². The summed E-state index contributed by atoms with van der Waals surface area (Å²) in [6.07, 6.45) is 5.06. The van der Waals surface area contributed by atoms with Crippen LogP contribution in [-0.4, -0.2) is 11.5 Å². The van der Waals surface area contributed by atoms with Crippen LogP contribution < -0.4 is 5.32 Å². The number of nitro benzene ring substituents is 1. The van der Waals surface area contributed by atoms with Gasteiger partial charge in [-0.2, -0.15) is 0 Å². The van der Waals surface area contributed by atoms with Crippen molar-refractivity contribution in [1.82, 2.24) is 0 Å². The van der Waals surface area contributed by atoms with E-state index >= 15 is 0 Å². The van der Waals surface area contributed by atoms with E-state index in [1.54, 1.807) is 6.07 Å². The normalized spacial score (nSPS) is 15.4. The molecule has 0 heterocycles. The van der Waals surface area contributed by atoms with Crippen molar-refractivity contribution >= 4 is 27.3 Å². The van der Waals surface area contributed by atoms with Crippen LogP contribution in [0.2, 0.25) is 0 Å². The third-order valence-electron chi connectivity index (χ3n) is 3.25. The molecule has 1 aliphatic carbocycles. The molecule has 0 saturated heterocycles. The molecule has 0 aromatic heterocycles. The average Bonchev–Trinajstić information content (AvgIpc) is 2.23. The molecule has 17 heavy (non-hydrogen) atoms. The molecule has 0 radical (unpaired) electrons. The second kappa shape index (κ2) is 5.49. The smallest absolute Gasteiger partial charge is 0.293 e. The SMILES string of the molecule is O=[N+]([O-])c1cc(Br)ccc1NCCC1CCC1. The van der Waals surface area contributed by atoms with E-state index in [-0.39, 0.29) is 10.6 Å². The highest BCUT2D eigenvalue weighted by Gasteiger charge is 2.18. The molecule has 1 fully saturated rings. The molecular formula is C12H15BrN2O2. The molecule has 1 aromatic carbocycles. The number of nitrogens with zero attached hydrogens (tertiary/aromatic N) is 1. The standard InChI is InChI=1S/C12H15BrN2O2/c13-10-4-5-11(12(8-10)15(16)17)14-7-6-9-2-1-3-9/h4-5,8-9,14H,1-3,6-7H2. The molecule has 0 bridgehead atoms. The summed E-state index contributed by atoms with van der Waals surface area (Å²) >= 11 is 3.24. The fraction of sp³-hybridized carbons (Fsp3) is 0.500. The van der Waals surface area contributed by atoms with Crippen LogP contribution in [0.3, 0.4) is 0 Å². The molecule has 0 unspecified atom stereocenters. The quantitative estimate of drug-likeness (QED) is 0.661. The van der Waals surface area contributed by atoms with Gasteiger partial charge < -0.3 is 5.32 Å². The van der Waals surface area contributed by atoms with Crippen LogP contribution in [0, 0.1) is 16.0 Å². The van der Waals surface area contributed by atoms with Gasteiger partial charge in [0.1, 0.15) is 5.69 Å². The van der Waals surface area contributed by atoms with Crippen molar-refractivity contribution in [3.8, 4) is 0 Å². The molecule has 1 saturated carbocycles. The summed E-state index contributed by atoms with van der Waals surface area (Å²) in [5.74, 6) is 0.817. The van der Waals surface area contributed by atoms with Gasteiger partial charge in [0.05, 0.1) is 4.92 Å². The molecule has 1 aromatic rings. The van der Waals surface area contributed by atoms with Gasteiger partial charge in [0.15, 0.2) is 0 Å². The van der Waals surface area contributed by atoms with E-state index in [0.29, 0.717) is 5.69 Å². The monoisotopic (exact) mass is 298 g/mol. The van der Waals surface area contributed by atoms with E-state index in [2.05, 4.69) is 21.2 Å². The molecular weight excluding hydrogens is 284 g/mol. The van der Waals surface area contributed by atoms with Crippen LogP contribution in [0.15, 0.2) is 22.7 Å². The van der Waals surface area contributed by atoms with Crippen LogP contribution in [-0.2, 0) is 0 Å². The number of rotatable bonds is 5. The summed E-state index contributed by atoms with van der Waals surface area (Å²) in [5, 5.41) is 14.0. The lowest BCUT2D eigenvalue weighted by molar-refractivity contribution is -0.384. The Morgan fingerprint density at radius 2 is 2.24 bits per heavy atom. The van der Waals surface area contributed by atoms with E-state index in [9.17, 15) is 10.1 Å². The Kier molecular flexibility index (Phi) is 3.99. The van der Waals surface area contributed by atoms with E-state index in [1.807, 2.05) is 6.07 Å². The summed E-state index contributed by atoms with van der Waals surface area (Å²) < 4.78 is 0.730. The Bertz CT molecular complexity index is 419. The topological polar surface area (TPSA) is 55.2 Å². The zero-order valence-corrected chi connectivity index (χ0v) is 11.1. The maximum absolute atomic E-state index is 10.9. The second-order valence-corrected chi connectivity index (χ2v) is 5.35. The van der Waals surface area contributed by atoms with Gasteiger partial charge in [-0.15, -0.1) is 0 Å². The lowest BCUT2D eigenvalue weighted by atomic mass is 9.83. The zero-order valence-electron chi connectivity index (χ0n) is 9.49. The first-order valence-corrected chi connectivity index (χ1v) is 6.64. The Morgan fingerprint density at radius 1 is 1.47 bits per heavy atom. The number of hydrogen-bond donors (Lipinski definition) is 1. The second-order valence-electron chi connectivity index (χ2n) is 4.43. The summed E-state index contributed by atoms with van der Waals surface area (Å²) in [6, 6.07) is 5.10. The number of nitrogens with one attached hydrogen (secondary N) is 1. The molecule has 1 N–H and O–H groups in total. The highest BCUT2D eigenvalue weighted by molar-refractivity contribution is 9.10. The van der Waals surface area contributed by atoms with Crippen molar-refractivity contribution in [1.29, 1.82) is 0 Å². The number of anilines is 1. The van der Waals surface area contributed by atoms with Gasteiger partial charge in [-0.3, -0.25) is 10.1 Å². The molecule has 4 nitrogen and oxygen atoms in total. The van der Waals surface area contributed by atoms with Gasteiger partial charge in [0, 0.05) is 17.1 Å². The van der Waals surface area contributed by atoms with E-state index < -0.39 is 0 Å². The third kappa shape index (κ3) is 3.19. The van der Waals surface area contributed by atoms with Gasteiger partial charge in [-0.25, -0.2) is 0 Å². The first-order valence-electron chi connectivity index (χ1n) is 5.84. The summed E-state index contributed by atoms with van der Waals surface area (Å²) in [5.41, 5.74) is 0.741. The molecule has 92 valence electrons. The van der Waals surface area contributed by atoms with Gasteiger partial charge in [-0.05, 0) is 24.5 Å². The van der Waals surface area contributed by atoms with Crippen molar-refractivity contribution in [2.45, 2.75) is 25.7 Å². The fourth-order valence-corrected chi connectivity index (χ4v) is 2.35. The van der Waals surface area contributed by atoms with Crippen molar-refractivity contribution in [2.24, 2.45) is 5.92 Å². The minimum Gasteiger partial charge on any atom is -0.379 e. The van der Waals surface area contributed by atoms with Gasteiger partial charge in [-0.1, -0.05) is 35.2 Å². The van der Waals surface area contributed by atoms with Gasteiger partial charge in [0.2, 0.25) is 0 Å². The molecule has 0 atom stereocenters. The Hall–Kier alpha value is -1.10. The minimum absolute atomic E-state index is 0.132. The van der Waals surface area contributed by atoms with Crippen LogP contribution in [0.25, 0.3) is 0 Å². The average molecular weight is 299 g/mol. The number of halogens is 1. The minimum atomic E-state index is -0.351. The highest BCUT2D eigenvalue weighted by Crippen LogP contribution is 2.31. The largest absolute Gasteiger partial charge is 0.379 e. The Balaban J connectivity index is 1.96. The summed E-state index contributed by atoms with van der Waals surface area (Å²) in [4.78, 5) is 10.5. The van der Waals surface area contributed by atoms with Crippen LogP contribution in [0.4, 0.5) is 11.4 Å². The van der Waals surface area contributed by atoms with Crippen molar-refractivity contribution in [3.05, 3.63) is 32.8 Å². The van der Waals surface area contributed by atoms with Gasteiger partial charge in [0.25, 0.3) is 5.69 Å². The van der Waals surface area contributed by atoms with Crippen molar-refractivity contribution < 1.29 is 4.92 Å². The number of benzene rings is 1. The van der Waals surface area contributed by atoms with Crippen LogP contribution >= 0.6 is 15.9 Å². The van der Waals surface area contributed by atoms with E-state index in [0.717, 1.165) is 23.4 Å². The summed E-state index contributed by atoms with van der Waals surface area (Å²) in [6.45, 7) is 0.813. The predicted molar refractivity (Wildman–Crippen MR) is 71.2 cm³/mol. The number of nitro groups is 1. The molecule has 2 rings (SSSR count). The molecule has 1 aliphatic rings. The van der Waals surface area contributed by atoms with Gasteiger partial charge >= 0.3 is 0 Å². The van der Waals surface area contributed by atoms with Crippen LogP contribution in [0.1, 0.15) is 25.7 Å². The maximum atomic E-state index is 10.9. The first kappa shape index (κ1) is 12.4. The molecule has 0 spiro atoms. The predicted octanol–water partition coefficient (Wildman–Crippen LogP) is 3.96. The zero-order chi connectivity index (χ0) is 12.3. The first-order chi connectivity index (χ1) is 8.16.